The first kappa shape index (κ1) is 16.3. The van der Waals surface area contributed by atoms with Crippen molar-refractivity contribution in [2.75, 3.05) is 0 Å². The predicted octanol–water partition coefficient (Wildman–Crippen LogP) is 1.73. The molecule has 0 saturated carbocycles. The molecule has 7 nitrogen and oxygen atoms in total. The van der Waals surface area contributed by atoms with Gasteiger partial charge in [-0.15, -0.1) is 4.09 Å². The number of benzene rings is 2. The number of aromatic nitrogens is 3. The van der Waals surface area contributed by atoms with E-state index in [1.54, 1.807) is 43.4 Å². The number of para-hydroxylation sites is 1. The van der Waals surface area contributed by atoms with Crippen molar-refractivity contribution in [3.63, 3.8) is 0 Å². The van der Waals surface area contributed by atoms with Gasteiger partial charge in [0, 0.05) is 12.4 Å². The molecule has 0 fully saturated rings. The molecule has 132 valence electrons. The molecule has 0 spiro atoms. The second kappa shape index (κ2) is 5.43. The van der Waals surface area contributed by atoms with Crippen molar-refractivity contribution in [2.45, 2.75) is 11.8 Å². The van der Waals surface area contributed by atoms with Crippen molar-refractivity contribution >= 4 is 31.8 Å². The summed E-state index contributed by atoms with van der Waals surface area (Å²) < 4.78 is 27.7. The van der Waals surface area contributed by atoms with E-state index in [-0.39, 0.29) is 15.8 Å². The SMILES string of the molecule is Cc1ccc(S(=O)(=O)n2[nH]c3c(c2=O)c(=O)n(C)c2ccccc32)cc1. The molecule has 2 aromatic carbocycles. The highest BCUT2D eigenvalue weighted by atomic mass is 32.2. The van der Waals surface area contributed by atoms with Gasteiger partial charge in [0.2, 0.25) is 0 Å². The molecule has 0 aliphatic carbocycles. The van der Waals surface area contributed by atoms with Gasteiger partial charge in [-0.1, -0.05) is 35.9 Å². The molecule has 26 heavy (non-hydrogen) atoms. The van der Waals surface area contributed by atoms with Crippen molar-refractivity contribution in [2.24, 2.45) is 7.05 Å². The average Bonchev–Trinajstić information content (AvgIpc) is 2.98. The molecule has 0 amide bonds. The maximum Gasteiger partial charge on any atom is 0.294 e. The van der Waals surface area contributed by atoms with Crippen LogP contribution < -0.4 is 11.1 Å². The smallest absolute Gasteiger partial charge is 0.294 e. The molecule has 4 aromatic rings. The number of nitrogens with zero attached hydrogens (tertiary/aromatic N) is 2. The number of aryl methyl sites for hydroxylation is 2. The highest BCUT2D eigenvalue weighted by molar-refractivity contribution is 7.89. The van der Waals surface area contributed by atoms with Gasteiger partial charge in [0.15, 0.2) is 0 Å². The normalized spacial score (nSPS) is 12.1. The summed E-state index contributed by atoms with van der Waals surface area (Å²) in [7, 11) is -2.60. The number of fused-ring (bicyclic) bond motifs is 3. The zero-order valence-electron chi connectivity index (χ0n) is 14.1. The molecule has 1 N–H and O–H groups in total. The lowest BCUT2D eigenvalue weighted by Gasteiger charge is -2.05. The van der Waals surface area contributed by atoms with E-state index < -0.39 is 21.1 Å². The topological polar surface area (TPSA) is 93.9 Å². The second-order valence-corrected chi connectivity index (χ2v) is 7.92. The Morgan fingerprint density at radius 1 is 0.923 bits per heavy atom. The third-order valence-electron chi connectivity index (χ3n) is 4.47. The van der Waals surface area contributed by atoms with Crippen molar-refractivity contribution in [1.82, 2.24) is 13.8 Å². The number of nitrogens with one attached hydrogen (secondary N) is 1. The van der Waals surface area contributed by atoms with Crippen LogP contribution in [0.4, 0.5) is 0 Å². The molecule has 4 rings (SSSR count). The zero-order chi connectivity index (χ0) is 18.6. The fourth-order valence-electron chi connectivity index (χ4n) is 3.05. The molecule has 0 saturated heterocycles. The van der Waals surface area contributed by atoms with Gasteiger partial charge in [-0.05, 0) is 25.1 Å². The lowest BCUT2D eigenvalue weighted by molar-refractivity contribution is 0.579. The molecular formula is C18H15N3O4S. The van der Waals surface area contributed by atoms with E-state index in [2.05, 4.69) is 5.10 Å². The highest BCUT2D eigenvalue weighted by Crippen LogP contribution is 2.20. The first-order valence-electron chi connectivity index (χ1n) is 7.87. The van der Waals surface area contributed by atoms with E-state index in [1.807, 2.05) is 6.92 Å². The van der Waals surface area contributed by atoms with Gasteiger partial charge in [-0.25, -0.2) is 0 Å². The predicted molar refractivity (Wildman–Crippen MR) is 99.1 cm³/mol. The summed E-state index contributed by atoms with van der Waals surface area (Å²) in [4.78, 5) is 25.4. The van der Waals surface area contributed by atoms with Gasteiger partial charge in [-0.2, -0.15) is 8.42 Å². The van der Waals surface area contributed by atoms with Crippen LogP contribution in [-0.2, 0) is 17.1 Å². The number of rotatable bonds is 2. The van der Waals surface area contributed by atoms with E-state index >= 15 is 0 Å². The maximum atomic E-state index is 12.9. The van der Waals surface area contributed by atoms with E-state index in [0.717, 1.165) is 5.56 Å². The second-order valence-electron chi connectivity index (χ2n) is 6.13. The van der Waals surface area contributed by atoms with Crippen LogP contribution in [0.5, 0.6) is 0 Å². The molecule has 2 aromatic heterocycles. The Bertz CT molecular complexity index is 1390. The minimum Gasteiger partial charge on any atom is -0.311 e. The number of H-pyrrole nitrogens is 1. The Morgan fingerprint density at radius 2 is 1.58 bits per heavy atom. The quantitative estimate of drug-likeness (QED) is 0.582. The first-order chi connectivity index (χ1) is 12.3. The van der Waals surface area contributed by atoms with Crippen molar-refractivity contribution in [3.8, 4) is 0 Å². The van der Waals surface area contributed by atoms with Crippen LogP contribution in [0.15, 0.2) is 63.0 Å². The molecule has 0 aliphatic rings. The summed E-state index contributed by atoms with van der Waals surface area (Å²) in [6.45, 7) is 1.83. The van der Waals surface area contributed by atoms with Gasteiger partial charge in [0.05, 0.1) is 15.9 Å². The lowest BCUT2D eigenvalue weighted by atomic mass is 10.1. The zero-order valence-corrected chi connectivity index (χ0v) is 14.9. The van der Waals surface area contributed by atoms with Crippen LogP contribution in [-0.4, -0.2) is 22.2 Å². The van der Waals surface area contributed by atoms with E-state index in [4.69, 9.17) is 0 Å². The van der Waals surface area contributed by atoms with E-state index in [0.29, 0.717) is 15.0 Å². The largest absolute Gasteiger partial charge is 0.311 e. The van der Waals surface area contributed by atoms with Gasteiger partial charge in [0.25, 0.3) is 21.1 Å². The average molecular weight is 369 g/mol. The fraction of sp³-hybridized carbons (Fsp3) is 0.111. The molecule has 0 radical (unpaired) electrons. The van der Waals surface area contributed by atoms with Crippen LogP contribution in [0.2, 0.25) is 0 Å². The number of hydrogen-bond donors (Lipinski definition) is 1. The summed E-state index contributed by atoms with van der Waals surface area (Å²) in [5, 5.41) is 3.05. The fourth-order valence-corrected chi connectivity index (χ4v) is 4.26. The Morgan fingerprint density at radius 3 is 2.27 bits per heavy atom. The van der Waals surface area contributed by atoms with E-state index in [1.165, 1.54) is 16.7 Å². The van der Waals surface area contributed by atoms with Crippen molar-refractivity contribution in [3.05, 3.63) is 74.8 Å². The minimum absolute atomic E-state index is 0.0297. The van der Waals surface area contributed by atoms with E-state index in [9.17, 15) is 18.0 Å². The van der Waals surface area contributed by atoms with Crippen LogP contribution in [0.25, 0.3) is 21.8 Å². The van der Waals surface area contributed by atoms with Gasteiger partial charge >= 0.3 is 0 Å². The van der Waals surface area contributed by atoms with Gasteiger partial charge in [0.1, 0.15) is 5.39 Å². The third kappa shape index (κ3) is 2.15. The summed E-state index contributed by atoms with van der Waals surface area (Å²) in [6.07, 6.45) is 0. The number of aromatic amines is 1. The van der Waals surface area contributed by atoms with Crippen LogP contribution >= 0.6 is 0 Å². The summed E-state index contributed by atoms with van der Waals surface area (Å²) >= 11 is 0. The maximum absolute atomic E-state index is 12.9. The van der Waals surface area contributed by atoms with Gasteiger partial charge < -0.3 is 4.57 Å². The Kier molecular flexibility index (Phi) is 3.42. The van der Waals surface area contributed by atoms with Crippen molar-refractivity contribution in [1.29, 1.82) is 0 Å². The molecular weight excluding hydrogens is 354 g/mol. The third-order valence-corrected chi connectivity index (χ3v) is 6.08. The molecule has 0 unspecified atom stereocenters. The minimum atomic E-state index is -4.15. The molecule has 0 aliphatic heterocycles. The molecule has 8 heteroatoms. The first-order valence-corrected chi connectivity index (χ1v) is 9.31. The van der Waals surface area contributed by atoms with Gasteiger partial charge in [-0.3, -0.25) is 14.7 Å². The Balaban J connectivity index is 2.13. The Hall–Kier alpha value is -3.13. The van der Waals surface area contributed by atoms with Crippen LogP contribution in [0, 0.1) is 6.92 Å². The standard InChI is InChI=1S/C18H15N3O4S/c1-11-7-9-12(10-8-11)26(24,25)21-18(23)15-16(19-21)13-5-3-4-6-14(13)20(2)17(15)22/h3-10,19H,1-2H3. The lowest BCUT2D eigenvalue weighted by Crippen LogP contribution is -2.28. The van der Waals surface area contributed by atoms with Crippen LogP contribution in [0.1, 0.15) is 5.56 Å². The highest BCUT2D eigenvalue weighted by Gasteiger charge is 2.24. The Labute approximate surface area is 148 Å². The molecule has 0 bridgehead atoms. The summed E-state index contributed by atoms with van der Waals surface area (Å²) in [5.74, 6) is 0. The molecule has 0 atom stereocenters. The van der Waals surface area contributed by atoms with Crippen LogP contribution in [0.3, 0.4) is 0 Å². The van der Waals surface area contributed by atoms with Crippen molar-refractivity contribution < 1.29 is 8.42 Å². The monoisotopic (exact) mass is 369 g/mol. The summed E-state index contributed by atoms with van der Waals surface area (Å²) in [5.41, 5.74) is 0.285. The number of hydrogen-bond acceptors (Lipinski definition) is 4. The molecule has 2 heterocycles. The number of pyridine rings is 1. The summed E-state index contributed by atoms with van der Waals surface area (Å²) in [6, 6.07) is 13.2.